The summed E-state index contributed by atoms with van der Waals surface area (Å²) in [5, 5.41) is 32.4. The van der Waals surface area contributed by atoms with Gasteiger partial charge in [-0.05, 0) is 90.7 Å². The van der Waals surface area contributed by atoms with Gasteiger partial charge in [0, 0.05) is 47.3 Å². The number of hydrogen-bond donors (Lipinski definition) is 5. The number of carbonyl (C=O) groups excluding carboxylic acids is 3. The predicted octanol–water partition coefficient (Wildman–Crippen LogP) is 5.97. The maximum absolute atomic E-state index is 14.3. The van der Waals surface area contributed by atoms with E-state index in [4.69, 9.17) is 9.57 Å². The fourth-order valence-corrected chi connectivity index (χ4v) is 10.0. The molecule has 11 heteroatoms. The minimum Gasteiger partial charge on any atom is -0.496 e. The Hall–Kier alpha value is -5.07. The number of hydrogen-bond acceptors (Lipinski definition) is 8. The molecule has 3 aliphatic carbocycles. The Kier molecular flexibility index (Phi) is 13.4. The summed E-state index contributed by atoms with van der Waals surface area (Å²) in [5.41, 5.74) is 5.01. The van der Waals surface area contributed by atoms with Gasteiger partial charge in [-0.25, -0.2) is 0 Å². The van der Waals surface area contributed by atoms with E-state index in [1.807, 2.05) is 78.9 Å². The van der Waals surface area contributed by atoms with Crippen molar-refractivity contribution in [3.8, 4) is 16.9 Å². The molecule has 0 radical (unpaired) electrons. The van der Waals surface area contributed by atoms with Crippen molar-refractivity contribution >= 4 is 17.7 Å². The van der Waals surface area contributed by atoms with Crippen LogP contribution in [-0.2, 0) is 29.0 Å². The van der Waals surface area contributed by atoms with Crippen LogP contribution in [0.2, 0.25) is 0 Å². The molecular weight excluding hydrogens is 757 g/mol. The smallest absolute Gasteiger partial charge is 0.251 e. The highest BCUT2D eigenvalue weighted by Crippen LogP contribution is 2.61. The molecule has 4 aliphatic rings. The maximum atomic E-state index is 14.3. The highest BCUT2D eigenvalue weighted by molar-refractivity contribution is 6.01. The number of fused-ring (bicyclic) bond motifs is 2. The summed E-state index contributed by atoms with van der Waals surface area (Å²) in [7, 11) is 1.56. The van der Waals surface area contributed by atoms with Crippen LogP contribution in [0, 0.1) is 29.1 Å². The van der Waals surface area contributed by atoms with Crippen LogP contribution >= 0.6 is 0 Å². The van der Waals surface area contributed by atoms with Gasteiger partial charge in [-0.3, -0.25) is 19.2 Å². The fraction of sp³-hybridized carbons (Fsp3) is 0.449. The summed E-state index contributed by atoms with van der Waals surface area (Å²) < 4.78 is 6.08. The van der Waals surface area contributed by atoms with E-state index < -0.39 is 24.2 Å². The van der Waals surface area contributed by atoms with Gasteiger partial charge in [0.2, 0.25) is 5.91 Å². The van der Waals surface area contributed by atoms with E-state index in [-0.39, 0.29) is 42.3 Å². The minimum absolute atomic E-state index is 0.00404. The molecule has 0 aromatic heterocycles. The van der Waals surface area contributed by atoms with E-state index in [1.54, 1.807) is 37.3 Å². The number of hydroxylamine groups is 2. The Balaban J connectivity index is 1.16. The molecule has 0 spiro atoms. The molecule has 11 nitrogen and oxygen atoms in total. The minimum atomic E-state index is -0.939. The van der Waals surface area contributed by atoms with Crippen molar-refractivity contribution in [2.24, 2.45) is 29.1 Å². The first-order chi connectivity index (χ1) is 28.9. The molecule has 4 aromatic carbocycles. The van der Waals surface area contributed by atoms with Crippen LogP contribution in [0.1, 0.15) is 77.9 Å². The van der Waals surface area contributed by atoms with Crippen LogP contribution in [-0.4, -0.2) is 84.1 Å². The number of para-hydroxylation sites is 1. The second-order valence-corrected chi connectivity index (χ2v) is 17.5. The van der Waals surface area contributed by atoms with Crippen LogP contribution < -0.4 is 20.7 Å². The Bertz CT molecular complexity index is 2050. The molecule has 1 saturated heterocycles. The molecule has 1 heterocycles. The molecule has 8 atom stereocenters. The number of rotatable bonds is 16. The zero-order valence-electron chi connectivity index (χ0n) is 35.4. The van der Waals surface area contributed by atoms with Gasteiger partial charge in [0.1, 0.15) is 17.9 Å². The van der Waals surface area contributed by atoms with Crippen molar-refractivity contribution in [2.75, 3.05) is 26.8 Å². The van der Waals surface area contributed by atoms with Gasteiger partial charge in [0.25, 0.3) is 11.8 Å². The second kappa shape index (κ2) is 18.7. The third kappa shape index (κ3) is 9.15. The van der Waals surface area contributed by atoms with Crippen molar-refractivity contribution in [3.05, 3.63) is 125 Å². The standard InChI is InChI=1S/C49H60N4O7/c1-30-40-26-38(49(40,3)4)27-41(30)52-48(58)44-43(31(2)55)42(29-54)60-53(44)28-34-17-12-18-39(45(34)59-5)35-23-36(46(56)50-21-19-32-13-8-6-9-14-32)25-37(24-35)47(57)51-22-20-33-15-10-7-11-16-33/h6-18,23-25,30-31,38,40-44,54-55H,19-22,26-29H2,1-5H3,(H,50,56)(H,51,57)(H,52,58)/t30-,31-,38+,40-,41-,42-,43-,44-/m0/s1. The third-order valence-corrected chi connectivity index (χ3v) is 13.5. The molecule has 8 rings (SSSR count). The molecule has 1 aliphatic heterocycles. The lowest BCUT2D eigenvalue weighted by Crippen LogP contribution is -2.62. The molecule has 0 unspecified atom stereocenters. The van der Waals surface area contributed by atoms with Gasteiger partial charge >= 0.3 is 0 Å². The average Bonchev–Trinajstić information content (AvgIpc) is 3.63. The maximum Gasteiger partial charge on any atom is 0.251 e. The first-order valence-corrected chi connectivity index (χ1v) is 21.4. The number of nitrogens with one attached hydrogen (secondary N) is 3. The molecule has 318 valence electrons. The lowest BCUT2D eigenvalue weighted by atomic mass is 9.45. The lowest BCUT2D eigenvalue weighted by molar-refractivity contribution is -0.183. The Labute approximate surface area is 353 Å². The molecule has 3 amide bonds. The second-order valence-electron chi connectivity index (χ2n) is 17.5. The zero-order valence-corrected chi connectivity index (χ0v) is 35.4. The van der Waals surface area contributed by atoms with Crippen LogP contribution in [0.5, 0.6) is 5.75 Å². The summed E-state index contributed by atoms with van der Waals surface area (Å²) >= 11 is 0. The van der Waals surface area contributed by atoms with E-state index in [2.05, 4.69) is 36.7 Å². The Morgan fingerprint density at radius 2 is 1.47 bits per heavy atom. The summed E-state index contributed by atoms with van der Waals surface area (Å²) in [5.74, 6) is 0.303. The average molecular weight is 817 g/mol. The van der Waals surface area contributed by atoms with E-state index in [1.165, 1.54) is 6.42 Å². The number of aliphatic hydroxyl groups excluding tert-OH is 2. The number of carbonyl (C=O) groups is 3. The molecular formula is C49H60N4O7. The highest BCUT2D eigenvalue weighted by atomic mass is 16.7. The molecule has 4 fully saturated rings. The first-order valence-electron chi connectivity index (χ1n) is 21.4. The third-order valence-electron chi connectivity index (χ3n) is 13.5. The Morgan fingerprint density at radius 3 is 1.98 bits per heavy atom. The van der Waals surface area contributed by atoms with E-state index in [0.29, 0.717) is 77.3 Å². The predicted molar refractivity (Wildman–Crippen MR) is 231 cm³/mol. The summed E-state index contributed by atoms with van der Waals surface area (Å²) in [6, 6.07) is 29.7. The van der Waals surface area contributed by atoms with Crippen LogP contribution in [0.15, 0.2) is 97.1 Å². The quantitative estimate of drug-likeness (QED) is 0.0930. The van der Waals surface area contributed by atoms with Gasteiger partial charge in [-0.2, -0.15) is 5.06 Å². The zero-order chi connectivity index (χ0) is 42.6. The van der Waals surface area contributed by atoms with Crippen molar-refractivity contribution < 1.29 is 34.2 Å². The molecule has 5 N–H and O–H groups in total. The van der Waals surface area contributed by atoms with Gasteiger partial charge in [0.05, 0.1) is 26.4 Å². The highest BCUT2D eigenvalue weighted by Gasteiger charge is 2.57. The molecule has 3 saturated carbocycles. The summed E-state index contributed by atoms with van der Waals surface area (Å²) in [6.45, 7) is 9.05. The molecule has 60 heavy (non-hydrogen) atoms. The number of amides is 3. The number of benzene rings is 4. The van der Waals surface area contributed by atoms with Crippen LogP contribution in [0.25, 0.3) is 11.1 Å². The van der Waals surface area contributed by atoms with E-state index >= 15 is 0 Å². The molecule has 2 bridgehead atoms. The van der Waals surface area contributed by atoms with Crippen molar-refractivity contribution in [1.82, 2.24) is 21.0 Å². The number of methoxy groups -OCH3 is 1. The largest absolute Gasteiger partial charge is 0.496 e. The summed E-state index contributed by atoms with van der Waals surface area (Å²) in [4.78, 5) is 48.1. The monoisotopic (exact) mass is 816 g/mol. The van der Waals surface area contributed by atoms with Crippen molar-refractivity contribution in [2.45, 2.75) is 84.2 Å². The van der Waals surface area contributed by atoms with Crippen LogP contribution in [0.3, 0.4) is 0 Å². The Morgan fingerprint density at radius 1 is 0.867 bits per heavy atom. The summed E-state index contributed by atoms with van der Waals surface area (Å²) in [6.07, 6.45) is 1.65. The van der Waals surface area contributed by atoms with Crippen molar-refractivity contribution in [1.29, 1.82) is 0 Å². The molecule has 4 aromatic rings. The number of ether oxygens (including phenoxy) is 1. The van der Waals surface area contributed by atoms with Crippen LogP contribution in [0.4, 0.5) is 0 Å². The van der Waals surface area contributed by atoms with Crippen molar-refractivity contribution in [3.63, 3.8) is 0 Å². The first kappa shape index (κ1) is 43.0. The van der Waals surface area contributed by atoms with Gasteiger partial charge in [-0.15, -0.1) is 0 Å². The fourth-order valence-electron chi connectivity index (χ4n) is 10.0. The van der Waals surface area contributed by atoms with E-state index in [0.717, 1.165) is 17.5 Å². The number of nitrogens with zero attached hydrogens (tertiary/aromatic N) is 1. The topological polar surface area (TPSA) is 149 Å². The van der Waals surface area contributed by atoms with Gasteiger partial charge in [-0.1, -0.05) is 99.6 Å². The normalized spacial score (nSPS) is 24.8. The lowest BCUT2D eigenvalue weighted by Gasteiger charge is -2.62. The number of aliphatic hydroxyl groups is 2. The SMILES string of the molecule is COc1c(CN2O[C@@H](CO)[C@H]([C@H](C)O)[C@H]2C(=O)N[C@H]2C[C@H]3C[C@@H]([C@@H]2C)C3(C)C)cccc1-c1cc(C(=O)NCCc2ccccc2)cc(C(=O)NCCc2ccccc2)c1. The van der Waals surface area contributed by atoms with Gasteiger partial charge < -0.3 is 30.9 Å². The van der Waals surface area contributed by atoms with Gasteiger partial charge in [0.15, 0.2) is 0 Å². The van der Waals surface area contributed by atoms with E-state index in [9.17, 15) is 24.6 Å².